The van der Waals surface area contributed by atoms with Gasteiger partial charge in [0.05, 0.1) is 0 Å². The topological polar surface area (TPSA) is 6.48 Å². The van der Waals surface area contributed by atoms with Crippen molar-refractivity contribution in [3.05, 3.63) is 30.3 Å². The van der Waals surface area contributed by atoms with Crippen LogP contribution < -0.4 is 3.58 Å². The van der Waals surface area contributed by atoms with Gasteiger partial charge in [0.1, 0.15) is 0 Å². The van der Waals surface area contributed by atoms with E-state index in [-0.39, 0.29) is 0 Å². The molecule has 0 atom stereocenters. The van der Waals surface area contributed by atoms with Crippen LogP contribution in [0.5, 0.6) is 0 Å². The first kappa shape index (κ1) is 14.1. The second-order valence-electron chi connectivity index (χ2n) is 4.44. The number of benzene rings is 1. The van der Waals surface area contributed by atoms with Gasteiger partial charge in [0.15, 0.2) is 0 Å². The number of hydrogen-bond acceptors (Lipinski definition) is 2. The average Bonchev–Trinajstić information content (AvgIpc) is 2.65. The Kier molecular flexibility index (Phi) is 6.46. The van der Waals surface area contributed by atoms with E-state index >= 15 is 0 Å². The molecule has 1 fully saturated rings. The third-order valence-electron chi connectivity index (χ3n) is 2.55. The van der Waals surface area contributed by atoms with E-state index in [4.69, 9.17) is 0 Å². The standard InChI is InChI=1S/C6H5.C4H10BN2.2CH3.Sn/c1-2-4-6-5-3-1;1-6-3-4-7(2)5-6;;;/h1-5H;3-4H2,1-2H3;2*1H3;. The predicted octanol–water partition coefficient (Wildman–Crippen LogP) is 1.05. The van der Waals surface area contributed by atoms with Crippen LogP contribution in [0.3, 0.4) is 0 Å². The molecule has 1 aromatic rings. The number of likely N-dealkylation sites (N-methyl/N-ethyl adjacent to an activating group) is 2. The average molecular weight is 323 g/mol. The molecule has 1 aromatic carbocycles. The summed E-state index contributed by atoms with van der Waals surface area (Å²) in [6.45, 7) is 2.35. The summed E-state index contributed by atoms with van der Waals surface area (Å²) < 4.78 is 1.61. The van der Waals surface area contributed by atoms with Crippen LogP contribution in [-0.4, -0.2) is 64.1 Å². The SMILES string of the molecule is CN1[B]N(C)CC1.[CH3][Sn]([CH3])[c]1ccccc1. The van der Waals surface area contributed by atoms with Crippen LogP contribution in [0.4, 0.5) is 0 Å². The van der Waals surface area contributed by atoms with E-state index in [0.717, 1.165) is 0 Å². The first-order valence-corrected chi connectivity index (χ1v) is 12.8. The predicted molar refractivity (Wildman–Crippen MR) is 74.6 cm³/mol. The van der Waals surface area contributed by atoms with Gasteiger partial charge in [0, 0.05) is 0 Å². The summed E-state index contributed by atoms with van der Waals surface area (Å²) >= 11 is -1.02. The summed E-state index contributed by atoms with van der Waals surface area (Å²) in [5, 5.41) is 0. The maximum absolute atomic E-state index is 2.40. The second-order valence-corrected chi connectivity index (χ2v) is 11.8. The first-order valence-electron chi connectivity index (χ1n) is 5.70. The van der Waals surface area contributed by atoms with Gasteiger partial charge in [-0.2, -0.15) is 0 Å². The molecule has 2 rings (SSSR count). The molecule has 0 bridgehead atoms. The van der Waals surface area contributed by atoms with Crippen LogP contribution in [0.2, 0.25) is 9.88 Å². The molecule has 2 radical (unpaired) electrons. The Hall–Kier alpha value is 0.00364. The van der Waals surface area contributed by atoms with Crippen molar-refractivity contribution in [1.29, 1.82) is 0 Å². The van der Waals surface area contributed by atoms with Crippen molar-refractivity contribution >= 4 is 30.9 Å². The minimum atomic E-state index is -1.02. The fourth-order valence-corrected chi connectivity index (χ4v) is 3.99. The molecule has 4 heteroatoms. The van der Waals surface area contributed by atoms with Crippen LogP contribution in [-0.2, 0) is 0 Å². The zero-order valence-electron chi connectivity index (χ0n) is 10.8. The van der Waals surface area contributed by atoms with E-state index in [1.165, 1.54) is 13.1 Å². The van der Waals surface area contributed by atoms with Gasteiger partial charge in [-0.05, 0) is 27.2 Å². The third-order valence-corrected chi connectivity index (χ3v) is 6.80. The summed E-state index contributed by atoms with van der Waals surface area (Å²) in [5.41, 5.74) is 0. The molecule has 0 aromatic heterocycles. The van der Waals surface area contributed by atoms with Crippen molar-refractivity contribution in [2.45, 2.75) is 9.88 Å². The molecule has 1 aliphatic rings. The summed E-state index contributed by atoms with van der Waals surface area (Å²) in [5.74, 6) is 0. The number of nitrogens with zero attached hydrogens (tertiary/aromatic N) is 2. The van der Waals surface area contributed by atoms with E-state index in [1.54, 1.807) is 3.58 Å². The molecule has 16 heavy (non-hydrogen) atoms. The van der Waals surface area contributed by atoms with E-state index in [0.29, 0.717) is 0 Å². The Morgan fingerprint density at radius 2 is 1.50 bits per heavy atom. The van der Waals surface area contributed by atoms with Gasteiger partial charge in [-0.1, -0.05) is 0 Å². The molecular weight excluding hydrogens is 302 g/mol. The zero-order chi connectivity index (χ0) is 12.0. The van der Waals surface area contributed by atoms with Gasteiger partial charge >= 0.3 is 71.1 Å². The van der Waals surface area contributed by atoms with Gasteiger partial charge in [-0.3, -0.25) is 0 Å². The molecule has 0 spiro atoms. The third kappa shape index (κ3) is 5.37. The van der Waals surface area contributed by atoms with Crippen molar-refractivity contribution in [2.24, 2.45) is 0 Å². The molecule has 0 aliphatic carbocycles. The molecule has 0 amide bonds. The van der Waals surface area contributed by atoms with Gasteiger partial charge in [-0.25, -0.2) is 0 Å². The van der Waals surface area contributed by atoms with Gasteiger partial charge in [0.25, 0.3) is 0 Å². The number of rotatable bonds is 1. The number of hydrogen-bond donors (Lipinski definition) is 0. The van der Waals surface area contributed by atoms with Crippen molar-refractivity contribution < 1.29 is 0 Å². The normalized spacial score (nSPS) is 16.8. The fraction of sp³-hybridized carbons (Fsp3) is 0.500. The molecule has 1 saturated heterocycles. The molecule has 0 N–H and O–H groups in total. The zero-order valence-corrected chi connectivity index (χ0v) is 13.6. The van der Waals surface area contributed by atoms with Crippen LogP contribution in [0, 0.1) is 0 Å². The molecule has 86 valence electrons. The first-order chi connectivity index (χ1) is 7.59. The molecule has 0 saturated carbocycles. The Morgan fingerprint density at radius 1 is 1.00 bits per heavy atom. The maximum atomic E-state index is 2.40. The van der Waals surface area contributed by atoms with Crippen molar-refractivity contribution in [3.8, 4) is 0 Å². The van der Waals surface area contributed by atoms with Crippen molar-refractivity contribution in [2.75, 3.05) is 27.2 Å². The van der Waals surface area contributed by atoms with E-state index in [9.17, 15) is 0 Å². The molecule has 2 nitrogen and oxygen atoms in total. The van der Waals surface area contributed by atoms with E-state index in [1.807, 2.05) is 0 Å². The molecule has 0 unspecified atom stereocenters. The Balaban J connectivity index is 0.000000165. The molecule has 1 aliphatic heterocycles. The van der Waals surface area contributed by atoms with Crippen LogP contribution in [0.1, 0.15) is 0 Å². The Morgan fingerprint density at radius 3 is 1.75 bits per heavy atom. The second kappa shape index (κ2) is 7.35. The molecule has 1 heterocycles. The van der Waals surface area contributed by atoms with Gasteiger partial charge < -0.3 is 9.62 Å². The van der Waals surface area contributed by atoms with Crippen LogP contribution in [0.15, 0.2) is 30.3 Å². The molecular formula is C12H21BN2Sn. The summed E-state index contributed by atoms with van der Waals surface area (Å²) in [6.07, 6.45) is 0. The van der Waals surface area contributed by atoms with Crippen LogP contribution >= 0.6 is 0 Å². The Bertz CT molecular complexity index is 284. The van der Waals surface area contributed by atoms with Crippen molar-refractivity contribution in [3.63, 3.8) is 0 Å². The van der Waals surface area contributed by atoms with E-state index < -0.39 is 19.8 Å². The van der Waals surface area contributed by atoms with E-state index in [2.05, 4.69) is 71.5 Å². The van der Waals surface area contributed by atoms with Crippen molar-refractivity contribution in [1.82, 2.24) is 9.62 Å². The summed E-state index contributed by atoms with van der Waals surface area (Å²) in [7, 11) is 6.28. The quantitative estimate of drug-likeness (QED) is 0.713. The Labute approximate surface area is 108 Å². The minimum absolute atomic E-state index is 1.02. The monoisotopic (exact) mass is 324 g/mol. The fourth-order valence-electron chi connectivity index (χ4n) is 1.54. The van der Waals surface area contributed by atoms with Crippen LogP contribution in [0.25, 0.3) is 0 Å². The van der Waals surface area contributed by atoms with Gasteiger partial charge in [0.2, 0.25) is 0 Å². The van der Waals surface area contributed by atoms with Gasteiger partial charge in [-0.15, -0.1) is 0 Å². The summed E-state index contributed by atoms with van der Waals surface area (Å²) in [4.78, 5) is 9.16. The summed E-state index contributed by atoms with van der Waals surface area (Å²) in [6, 6.07) is 10.8.